The zero-order valence-corrected chi connectivity index (χ0v) is 9.55. The van der Waals surface area contributed by atoms with E-state index in [0.717, 1.165) is 0 Å². The fourth-order valence-electron chi connectivity index (χ4n) is 0.961. The maximum atomic E-state index is 12.0. The maximum absolute atomic E-state index is 12.0. The normalized spacial score (nSPS) is 11.1. The minimum absolute atomic E-state index is 0.123. The van der Waals surface area contributed by atoms with E-state index in [9.17, 15) is 4.57 Å². The van der Waals surface area contributed by atoms with Gasteiger partial charge in [0.25, 0.3) is 0 Å². The summed E-state index contributed by atoms with van der Waals surface area (Å²) in [6.45, 7) is 7.31. The van der Waals surface area contributed by atoms with E-state index in [2.05, 4.69) is 12.3 Å². The highest BCUT2D eigenvalue weighted by atomic mass is 31.2. The van der Waals surface area contributed by atoms with Gasteiger partial charge in [0.05, 0.1) is 18.5 Å². The first-order valence-electron chi connectivity index (χ1n) is 4.54. The molecule has 0 heterocycles. The van der Waals surface area contributed by atoms with E-state index in [1.807, 2.05) is 0 Å². The molecule has 0 rings (SSSR count). The Morgan fingerprint density at radius 2 is 1.93 bits per heavy atom. The molecule has 0 unspecified atom stereocenters. The summed E-state index contributed by atoms with van der Waals surface area (Å²) in [4.78, 5) is 0. The van der Waals surface area contributed by atoms with Gasteiger partial charge < -0.3 is 14.2 Å². The molecule has 0 amide bonds. The van der Waals surface area contributed by atoms with Gasteiger partial charge in [-0.25, -0.2) is 0 Å². The zero-order chi connectivity index (χ0) is 11.0. The van der Waals surface area contributed by atoms with Crippen LogP contribution >= 0.6 is 7.60 Å². The Morgan fingerprint density at radius 1 is 1.43 bits per heavy atom. The molecule has 0 saturated heterocycles. The number of aliphatic hydroxyl groups excluding tert-OH is 1. The monoisotopic (exact) mass is 220 g/mol. The van der Waals surface area contributed by atoms with Gasteiger partial charge >= 0.3 is 7.60 Å². The molecule has 4 nitrogen and oxygen atoms in total. The molecule has 0 radical (unpaired) electrons. The van der Waals surface area contributed by atoms with E-state index < -0.39 is 7.60 Å². The Bertz CT molecular complexity index is 246. The summed E-state index contributed by atoms with van der Waals surface area (Å²) in [6, 6.07) is 0. The molecule has 0 aliphatic rings. The fourth-order valence-corrected chi connectivity index (χ4v) is 2.59. The lowest BCUT2D eigenvalue weighted by Gasteiger charge is -2.17. The van der Waals surface area contributed by atoms with Crippen LogP contribution in [0.4, 0.5) is 0 Å². The SMILES string of the molecule is C=C=C(CCO)P(=O)(OCC)OCC. The lowest BCUT2D eigenvalue weighted by atomic mass is 10.4. The summed E-state index contributed by atoms with van der Waals surface area (Å²) >= 11 is 0. The molecule has 0 aromatic rings. The van der Waals surface area contributed by atoms with Crippen LogP contribution in [0, 0.1) is 0 Å². The Labute approximate surface area is 84.8 Å². The molecular formula is C9H17O4P. The topological polar surface area (TPSA) is 55.8 Å². The van der Waals surface area contributed by atoms with Crippen LogP contribution < -0.4 is 0 Å². The molecule has 0 aromatic carbocycles. The maximum Gasteiger partial charge on any atom is 0.365 e. The van der Waals surface area contributed by atoms with Crippen molar-refractivity contribution in [2.24, 2.45) is 0 Å². The first-order chi connectivity index (χ1) is 6.64. The highest BCUT2D eigenvalue weighted by molar-refractivity contribution is 7.58. The van der Waals surface area contributed by atoms with Crippen molar-refractivity contribution >= 4 is 7.60 Å². The van der Waals surface area contributed by atoms with Gasteiger partial charge in [0.15, 0.2) is 0 Å². The lowest BCUT2D eigenvalue weighted by molar-refractivity contribution is 0.222. The van der Waals surface area contributed by atoms with E-state index >= 15 is 0 Å². The van der Waals surface area contributed by atoms with Gasteiger partial charge in [0.1, 0.15) is 0 Å². The Balaban J connectivity index is 4.77. The smallest absolute Gasteiger partial charge is 0.365 e. The second-order valence-electron chi connectivity index (χ2n) is 2.43. The third kappa shape index (κ3) is 3.79. The molecule has 0 aliphatic carbocycles. The van der Waals surface area contributed by atoms with Crippen molar-refractivity contribution in [1.82, 2.24) is 0 Å². The summed E-state index contributed by atoms with van der Waals surface area (Å²) in [5.41, 5.74) is 2.51. The minimum Gasteiger partial charge on any atom is -0.396 e. The Kier molecular flexibility index (Phi) is 6.81. The predicted molar refractivity (Wildman–Crippen MR) is 55.2 cm³/mol. The average molecular weight is 220 g/mol. The van der Waals surface area contributed by atoms with Gasteiger partial charge in [-0.15, -0.1) is 5.73 Å². The second kappa shape index (κ2) is 6.99. The molecule has 0 aromatic heterocycles. The molecule has 0 saturated carbocycles. The molecule has 0 fully saturated rings. The van der Waals surface area contributed by atoms with Crippen molar-refractivity contribution in [3.05, 3.63) is 17.6 Å². The predicted octanol–water partition coefficient (Wildman–Crippen LogP) is 2.30. The van der Waals surface area contributed by atoms with Crippen LogP contribution in [0.2, 0.25) is 0 Å². The van der Waals surface area contributed by atoms with Crippen molar-refractivity contribution in [3.63, 3.8) is 0 Å². The van der Waals surface area contributed by atoms with Gasteiger partial charge in [0, 0.05) is 13.0 Å². The number of hydrogen-bond donors (Lipinski definition) is 1. The first kappa shape index (κ1) is 13.6. The van der Waals surface area contributed by atoms with Crippen molar-refractivity contribution in [3.8, 4) is 0 Å². The molecule has 82 valence electrons. The van der Waals surface area contributed by atoms with E-state index in [4.69, 9.17) is 14.2 Å². The van der Waals surface area contributed by atoms with E-state index in [1.165, 1.54) is 0 Å². The number of hydrogen-bond acceptors (Lipinski definition) is 4. The van der Waals surface area contributed by atoms with Crippen molar-refractivity contribution < 1.29 is 18.7 Å². The molecule has 0 spiro atoms. The van der Waals surface area contributed by atoms with Crippen LogP contribution in [0.15, 0.2) is 17.6 Å². The van der Waals surface area contributed by atoms with Crippen LogP contribution in [0.3, 0.4) is 0 Å². The summed E-state index contributed by atoms with van der Waals surface area (Å²) in [6.07, 6.45) is 0.209. The van der Waals surface area contributed by atoms with Crippen LogP contribution in [-0.2, 0) is 13.6 Å². The Hall–Kier alpha value is -0.370. The van der Waals surface area contributed by atoms with Crippen molar-refractivity contribution in [2.45, 2.75) is 20.3 Å². The summed E-state index contributed by atoms with van der Waals surface area (Å²) < 4.78 is 22.2. The van der Waals surface area contributed by atoms with Gasteiger partial charge in [-0.3, -0.25) is 4.57 Å². The average Bonchev–Trinajstić information content (AvgIpc) is 2.14. The largest absolute Gasteiger partial charge is 0.396 e. The summed E-state index contributed by atoms with van der Waals surface area (Å²) in [5.74, 6) is 0. The minimum atomic E-state index is -3.26. The van der Waals surface area contributed by atoms with Crippen molar-refractivity contribution in [1.29, 1.82) is 0 Å². The van der Waals surface area contributed by atoms with Gasteiger partial charge in [-0.1, -0.05) is 6.58 Å². The zero-order valence-electron chi connectivity index (χ0n) is 8.65. The molecule has 1 N–H and O–H groups in total. The molecule has 5 heteroatoms. The second-order valence-corrected chi connectivity index (χ2v) is 4.48. The molecule has 0 aliphatic heterocycles. The standard InChI is InChI=1S/C9H17O4P/c1-4-9(7-8-10)14(11,12-5-2)13-6-3/h10H,1,5-8H2,2-3H3. The van der Waals surface area contributed by atoms with Gasteiger partial charge in [-0.2, -0.15) is 0 Å². The van der Waals surface area contributed by atoms with Gasteiger partial charge in [0.2, 0.25) is 0 Å². The highest BCUT2D eigenvalue weighted by Gasteiger charge is 2.28. The van der Waals surface area contributed by atoms with E-state index in [-0.39, 0.29) is 26.2 Å². The highest BCUT2D eigenvalue weighted by Crippen LogP contribution is 2.56. The quantitative estimate of drug-likeness (QED) is 0.528. The van der Waals surface area contributed by atoms with Crippen LogP contribution in [0.5, 0.6) is 0 Å². The summed E-state index contributed by atoms with van der Waals surface area (Å²) in [7, 11) is -3.26. The van der Waals surface area contributed by atoms with Crippen LogP contribution in [0.25, 0.3) is 0 Å². The first-order valence-corrected chi connectivity index (χ1v) is 6.08. The molecule has 14 heavy (non-hydrogen) atoms. The molecule has 0 bridgehead atoms. The number of aliphatic hydroxyl groups is 1. The summed E-state index contributed by atoms with van der Waals surface area (Å²) in [5, 5.41) is 9.06. The van der Waals surface area contributed by atoms with Crippen LogP contribution in [-0.4, -0.2) is 24.9 Å². The third-order valence-corrected chi connectivity index (χ3v) is 3.72. The van der Waals surface area contributed by atoms with E-state index in [0.29, 0.717) is 5.31 Å². The molecular weight excluding hydrogens is 203 g/mol. The number of rotatable bonds is 7. The van der Waals surface area contributed by atoms with Crippen molar-refractivity contribution in [2.75, 3.05) is 19.8 Å². The van der Waals surface area contributed by atoms with E-state index in [1.54, 1.807) is 13.8 Å². The van der Waals surface area contributed by atoms with Crippen LogP contribution in [0.1, 0.15) is 20.3 Å². The fraction of sp³-hybridized carbons (Fsp3) is 0.667. The lowest BCUT2D eigenvalue weighted by Crippen LogP contribution is -1.99. The van der Waals surface area contributed by atoms with Gasteiger partial charge in [-0.05, 0) is 13.8 Å². The Morgan fingerprint density at radius 3 is 2.21 bits per heavy atom. The molecule has 0 atom stereocenters. The third-order valence-electron chi connectivity index (χ3n) is 1.48.